The molecule has 0 fully saturated rings. The van der Waals surface area contributed by atoms with Gasteiger partial charge in [-0.2, -0.15) is 0 Å². The van der Waals surface area contributed by atoms with E-state index < -0.39 is 0 Å². The number of para-hydroxylation sites is 1. The molecule has 1 amide bonds. The Morgan fingerprint density at radius 2 is 2.08 bits per heavy atom. The van der Waals surface area contributed by atoms with Crippen molar-refractivity contribution in [3.8, 4) is 0 Å². The van der Waals surface area contributed by atoms with Crippen molar-refractivity contribution in [1.29, 1.82) is 0 Å². The lowest BCUT2D eigenvalue weighted by atomic mass is 10.2. The van der Waals surface area contributed by atoms with Gasteiger partial charge in [-0.25, -0.2) is 9.37 Å². The topological polar surface area (TPSA) is 46.4 Å². The van der Waals surface area contributed by atoms with Crippen molar-refractivity contribution >= 4 is 33.1 Å². The number of benzene rings is 2. The summed E-state index contributed by atoms with van der Waals surface area (Å²) in [6.45, 7) is 2.66. The molecule has 0 saturated carbocycles. The fraction of sp³-hybridized carbons (Fsp3) is 0.222. The minimum atomic E-state index is -0.317. The number of aromatic nitrogens is 1. The van der Waals surface area contributed by atoms with Crippen LogP contribution in [0.4, 0.5) is 10.1 Å². The van der Waals surface area contributed by atoms with E-state index in [4.69, 9.17) is 0 Å². The van der Waals surface area contributed by atoms with Crippen molar-refractivity contribution in [3.63, 3.8) is 0 Å². The van der Waals surface area contributed by atoms with Gasteiger partial charge >= 0.3 is 0 Å². The van der Waals surface area contributed by atoms with E-state index in [2.05, 4.69) is 10.3 Å². The van der Waals surface area contributed by atoms with E-state index in [0.717, 1.165) is 20.1 Å². The fourth-order valence-electron chi connectivity index (χ4n) is 2.47. The predicted octanol–water partition coefficient (Wildman–Crippen LogP) is 2.40. The number of halogens is 1. The zero-order valence-electron chi connectivity index (χ0n) is 13.6. The van der Waals surface area contributed by atoms with E-state index in [9.17, 15) is 9.18 Å². The average Bonchev–Trinajstić information content (AvgIpc) is 2.92. The molecule has 1 unspecified atom stereocenters. The molecule has 0 saturated heterocycles. The molecule has 1 atom stereocenters. The number of hydrogen-bond donors (Lipinski definition) is 2. The second-order valence-corrected chi connectivity index (χ2v) is 7.01. The summed E-state index contributed by atoms with van der Waals surface area (Å²) in [4.78, 5) is 17.7. The Kier molecular flexibility index (Phi) is 4.87. The van der Waals surface area contributed by atoms with E-state index in [1.165, 1.54) is 6.07 Å². The minimum Gasteiger partial charge on any atom is -0.324 e. The number of amides is 1. The van der Waals surface area contributed by atoms with Gasteiger partial charge in [0, 0.05) is 5.69 Å². The third-order valence-electron chi connectivity index (χ3n) is 3.71. The monoisotopic (exact) mass is 344 g/mol. The number of fused-ring (bicyclic) bond motifs is 1. The van der Waals surface area contributed by atoms with Gasteiger partial charge in [0.2, 0.25) is 0 Å². The SMILES string of the molecule is Cc1ccc(NC(=O)C[NH+](C)Cc2nc3ccccc3s2)cc1F. The standard InChI is InChI=1S/C18H18FN3OS/c1-12-7-8-13(9-14(12)19)20-17(23)10-22(2)11-18-21-15-5-3-4-6-16(15)24-18/h3-9H,10-11H2,1-2H3,(H,20,23)/p+1. The molecular weight excluding hydrogens is 325 g/mol. The highest BCUT2D eigenvalue weighted by Crippen LogP contribution is 2.20. The summed E-state index contributed by atoms with van der Waals surface area (Å²) in [6, 6.07) is 12.7. The Balaban J connectivity index is 1.58. The molecule has 0 spiro atoms. The summed E-state index contributed by atoms with van der Waals surface area (Å²) in [7, 11) is 1.95. The third-order valence-corrected chi connectivity index (χ3v) is 4.75. The molecule has 0 radical (unpaired) electrons. The Hall–Kier alpha value is -2.31. The first-order valence-corrected chi connectivity index (χ1v) is 8.54. The van der Waals surface area contributed by atoms with Crippen molar-refractivity contribution in [2.45, 2.75) is 13.5 Å². The summed E-state index contributed by atoms with van der Waals surface area (Å²) in [5.41, 5.74) is 2.03. The van der Waals surface area contributed by atoms with Gasteiger partial charge in [-0.15, -0.1) is 11.3 Å². The van der Waals surface area contributed by atoms with Crippen molar-refractivity contribution in [3.05, 3.63) is 58.9 Å². The second-order valence-electron chi connectivity index (χ2n) is 5.90. The number of likely N-dealkylation sites (N-methyl/N-ethyl adjacent to an activating group) is 1. The van der Waals surface area contributed by atoms with Crippen LogP contribution in [0.25, 0.3) is 10.2 Å². The van der Waals surface area contributed by atoms with Crippen molar-refractivity contribution in [1.82, 2.24) is 4.98 Å². The van der Waals surface area contributed by atoms with Gasteiger partial charge in [-0.3, -0.25) is 4.79 Å². The molecule has 0 bridgehead atoms. The molecule has 0 aliphatic carbocycles. The molecule has 2 aromatic carbocycles. The number of carbonyl (C=O) groups excluding carboxylic acids is 1. The van der Waals surface area contributed by atoms with Crippen LogP contribution in [-0.4, -0.2) is 24.5 Å². The quantitative estimate of drug-likeness (QED) is 0.747. The Bertz CT molecular complexity index is 845. The Morgan fingerprint density at radius 3 is 2.83 bits per heavy atom. The molecule has 3 aromatic rings. The first-order valence-electron chi connectivity index (χ1n) is 7.73. The maximum atomic E-state index is 13.5. The van der Waals surface area contributed by atoms with Crippen LogP contribution in [0.1, 0.15) is 10.6 Å². The molecular formula is C18H19FN3OS+. The molecule has 4 nitrogen and oxygen atoms in total. The summed E-state index contributed by atoms with van der Waals surface area (Å²) in [5.74, 6) is -0.458. The summed E-state index contributed by atoms with van der Waals surface area (Å²) < 4.78 is 14.7. The number of anilines is 1. The van der Waals surface area contributed by atoms with Crippen LogP contribution >= 0.6 is 11.3 Å². The van der Waals surface area contributed by atoms with Gasteiger partial charge in [-0.1, -0.05) is 18.2 Å². The van der Waals surface area contributed by atoms with Gasteiger partial charge in [0.1, 0.15) is 17.4 Å². The fourth-order valence-corrected chi connectivity index (χ4v) is 3.55. The number of rotatable bonds is 5. The van der Waals surface area contributed by atoms with Gasteiger partial charge in [0.15, 0.2) is 6.54 Å². The number of carbonyl (C=O) groups is 1. The van der Waals surface area contributed by atoms with Crippen LogP contribution < -0.4 is 10.2 Å². The smallest absolute Gasteiger partial charge is 0.279 e. The van der Waals surface area contributed by atoms with Gasteiger partial charge < -0.3 is 10.2 Å². The average molecular weight is 344 g/mol. The van der Waals surface area contributed by atoms with Gasteiger partial charge in [0.25, 0.3) is 5.91 Å². The molecule has 124 valence electrons. The molecule has 0 aliphatic rings. The van der Waals surface area contributed by atoms with Gasteiger partial charge in [0.05, 0.1) is 17.3 Å². The highest BCUT2D eigenvalue weighted by Gasteiger charge is 2.14. The zero-order chi connectivity index (χ0) is 17.1. The number of quaternary nitrogens is 1. The lowest BCUT2D eigenvalue weighted by Crippen LogP contribution is -3.08. The van der Waals surface area contributed by atoms with Crippen LogP contribution in [0.5, 0.6) is 0 Å². The van der Waals surface area contributed by atoms with Crippen molar-refractivity contribution in [2.24, 2.45) is 0 Å². The Morgan fingerprint density at radius 1 is 1.29 bits per heavy atom. The van der Waals surface area contributed by atoms with Crippen molar-refractivity contribution < 1.29 is 14.1 Å². The zero-order valence-corrected chi connectivity index (χ0v) is 14.4. The summed E-state index contributed by atoms with van der Waals surface area (Å²) in [5, 5.41) is 3.74. The number of hydrogen-bond acceptors (Lipinski definition) is 3. The van der Waals surface area contributed by atoms with E-state index in [-0.39, 0.29) is 11.7 Å². The third kappa shape index (κ3) is 3.96. The van der Waals surface area contributed by atoms with Crippen LogP contribution in [0.15, 0.2) is 42.5 Å². The molecule has 1 aromatic heterocycles. The van der Waals surface area contributed by atoms with Crippen molar-refractivity contribution in [2.75, 3.05) is 18.9 Å². The molecule has 24 heavy (non-hydrogen) atoms. The van der Waals surface area contributed by atoms with Crippen LogP contribution in [0.2, 0.25) is 0 Å². The molecule has 3 rings (SSSR count). The highest BCUT2D eigenvalue weighted by atomic mass is 32.1. The lowest BCUT2D eigenvalue weighted by Gasteiger charge is -2.12. The van der Waals surface area contributed by atoms with E-state index in [0.29, 0.717) is 24.3 Å². The van der Waals surface area contributed by atoms with E-state index >= 15 is 0 Å². The van der Waals surface area contributed by atoms with E-state index in [1.807, 2.05) is 31.3 Å². The molecule has 6 heteroatoms. The van der Waals surface area contributed by atoms with Crippen LogP contribution in [-0.2, 0) is 11.3 Å². The molecule has 1 heterocycles. The molecule has 2 N–H and O–H groups in total. The number of nitrogens with zero attached hydrogens (tertiary/aromatic N) is 1. The van der Waals surface area contributed by atoms with Gasteiger partial charge in [-0.05, 0) is 36.8 Å². The summed E-state index contributed by atoms with van der Waals surface area (Å²) in [6.07, 6.45) is 0. The maximum Gasteiger partial charge on any atom is 0.279 e. The second kappa shape index (κ2) is 7.07. The minimum absolute atomic E-state index is 0.142. The predicted molar refractivity (Wildman–Crippen MR) is 94.8 cm³/mol. The highest BCUT2D eigenvalue weighted by molar-refractivity contribution is 7.18. The van der Waals surface area contributed by atoms with Crippen LogP contribution in [0, 0.1) is 12.7 Å². The van der Waals surface area contributed by atoms with E-state index in [1.54, 1.807) is 30.4 Å². The number of thiazole rings is 1. The van der Waals surface area contributed by atoms with Crippen LogP contribution in [0.3, 0.4) is 0 Å². The number of aryl methyl sites for hydroxylation is 1. The maximum absolute atomic E-state index is 13.5. The molecule has 0 aliphatic heterocycles. The normalized spacial score (nSPS) is 12.3. The lowest BCUT2D eigenvalue weighted by molar-refractivity contribution is -0.885. The number of nitrogens with one attached hydrogen (secondary N) is 2. The summed E-state index contributed by atoms with van der Waals surface area (Å²) >= 11 is 1.65. The largest absolute Gasteiger partial charge is 0.324 e. The first kappa shape index (κ1) is 16.5. The first-order chi connectivity index (χ1) is 11.5. The Labute approximate surface area is 143 Å².